The third-order valence-corrected chi connectivity index (χ3v) is 2.07. The van der Waals surface area contributed by atoms with E-state index in [1.807, 2.05) is 0 Å². The Morgan fingerprint density at radius 2 is 1.82 bits per heavy atom. The lowest BCUT2D eigenvalue weighted by atomic mass is 10.0. The molecular weight excluding hydrogens is 239 g/mol. The Morgan fingerprint density at radius 1 is 1.24 bits per heavy atom. The second-order valence-corrected chi connectivity index (χ2v) is 3.26. The van der Waals surface area contributed by atoms with E-state index in [9.17, 15) is 22.8 Å². The third kappa shape index (κ3) is 2.82. The Bertz CT molecular complexity index is 468. The number of benzene rings is 1. The van der Waals surface area contributed by atoms with Gasteiger partial charge in [-0.05, 0) is 25.1 Å². The minimum atomic E-state index is -4.60. The van der Waals surface area contributed by atoms with Gasteiger partial charge in [-0.3, -0.25) is 14.8 Å². The second-order valence-electron chi connectivity index (χ2n) is 3.26. The zero-order chi connectivity index (χ0) is 13.2. The molecule has 0 unspecified atom stereocenters. The van der Waals surface area contributed by atoms with Crippen molar-refractivity contribution in [2.24, 2.45) is 0 Å². The molecule has 0 bridgehead atoms. The Balaban J connectivity index is 3.37. The summed E-state index contributed by atoms with van der Waals surface area (Å²) >= 11 is 0. The summed E-state index contributed by atoms with van der Waals surface area (Å²) in [4.78, 5) is 22.2. The molecule has 1 aromatic carbocycles. The smallest absolute Gasteiger partial charge is 0.294 e. The van der Waals surface area contributed by atoms with E-state index in [2.05, 4.69) is 0 Å². The maximum atomic E-state index is 12.4. The summed E-state index contributed by atoms with van der Waals surface area (Å²) < 4.78 is 37.2. The number of rotatable bonds is 2. The normalized spacial score (nSPS) is 11.1. The summed E-state index contributed by atoms with van der Waals surface area (Å²) in [7, 11) is 0. The lowest BCUT2D eigenvalue weighted by Gasteiger charge is -2.10. The number of halogens is 3. The number of ketones is 1. The van der Waals surface area contributed by atoms with E-state index in [-0.39, 0.29) is 5.56 Å². The first-order valence-corrected chi connectivity index (χ1v) is 4.44. The van der Waals surface area contributed by atoms with Crippen LogP contribution in [0.1, 0.15) is 33.2 Å². The lowest BCUT2D eigenvalue weighted by molar-refractivity contribution is -0.137. The molecule has 0 fully saturated rings. The number of Topliss-reactive ketones (excluding diaryl/α,β-unsaturated/α-hetero) is 1. The van der Waals surface area contributed by atoms with E-state index >= 15 is 0 Å². The van der Waals surface area contributed by atoms with Crippen molar-refractivity contribution in [2.75, 3.05) is 0 Å². The number of carbonyl (C=O) groups is 2. The molecule has 2 N–H and O–H groups in total. The summed E-state index contributed by atoms with van der Waals surface area (Å²) in [5, 5.41) is 8.39. The van der Waals surface area contributed by atoms with Crippen molar-refractivity contribution in [3.8, 4) is 0 Å². The van der Waals surface area contributed by atoms with Crippen LogP contribution in [-0.4, -0.2) is 16.9 Å². The Kier molecular flexibility index (Phi) is 3.52. The molecule has 1 rings (SSSR count). The highest BCUT2D eigenvalue weighted by Crippen LogP contribution is 2.30. The van der Waals surface area contributed by atoms with E-state index in [4.69, 9.17) is 5.21 Å². The molecule has 1 amide bonds. The Hall–Kier alpha value is -1.89. The van der Waals surface area contributed by atoms with Crippen molar-refractivity contribution in [1.29, 1.82) is 0 Å². The molecule has 92 valence electrons. The van der Waals surface area contributed by atoms with Gasteiger partial charge in [0.05, 0.1) is 11.1 Å². The molecule has 0 aliphatic rings. The molecule has 0 saturated carbocycles. The van der Waals surface area contributed by atoms with E-state index in [1.165, 1.54) is 5.48 Å². The standard InChI is InChI=1S/C10H8F3NO3/c1-5(15)8-4-6(10(11,12)13)2-3-7(8)9(16)14-17/h2-4,17H,1H3,(H,14,16). The van der Waals surface area contributed by atoms with Crippen LogP contribution in [-0.2, 0) is 6.18 Å². The number of carbonyl (C=O) groups excluding carboxylic acids is 2. The summed E-state index contributed by atoms with van der Waals surface area (Å²) in [6, 6.07) is 2.08. The number of hydrogen-bond donors (Lipinski definition) is 2. The predicted molar refractivity (Wildman–Crippen MR) is 50.7 cm³/mol. The van der Waals surface area contributed by atoms with Crippen molar-refractivity contribution in [2.45, 2.75) is 13.1 Å². The number of amides is 1. The van der Waals surface area contributed by atoms with E-state index in [0.717, 1.165) is 13.0 Å². The fraction of sp³-hybridized carbons (Fsp3) is 0.200. The average molecular weight is 247 g/mol. The van der Waals surface area contributed by atoms with Crippen LogP contribution in [0.25, 0.3) is 0 Å². The molecule has 4 nitrogen and oxygen atoms in total. The van der Waals surface area contributed by atoms with Crippen LogP contribution < -0.4 is 5.48 Å². The zero-order valence-electron chi connectivity index (χ0n) is 8.63. The highest BCUT2D eigenvalue weighted by Gasteiger charge is 2.32. The number of hydroxylamine groups is 1. The quantitative estimate of drug-likeness (QED) is 0.477. The van der Waals surface area contributed by atoms with Crippen molar-refractivity contribution in [1.82, 2.24) is 5.48 Å². The van der Waals surface area contributed by atoms with Gasteiger partial charge in [-0.1, -0.05) is 0 Å². The summed E-state index contributed by atoms with van der Waals surface area (Å²) in [6.07, 6.45) is -4.60. The molecule has 17 heavy (non-hydrogen) atoms. The SMILES string of the molecule is CC(=O)c1cc(C(F)(F)F)ccc1C(=O)NO. The van der Waals surface area contributed by atoms with Gasteiger partial charge in [0.15, 0.2) is 5.78 Å². The van der Waals surface area contributed by atoms with E-state index in [0.29, 0.717) is 12.1 Å². The molecule has 0 aliphatic carbocycles. The van der Waals surface area contributed by atoms with E-state index < -0.39 is 29.0 Å². The van der Waals surface area contributed by atoms with Crippen LogP contribution in [0.4, 0.5) is 13.2 Å². The summed E-state index contributed by atoms with van der Waals surface area (Å²) in [5.74, 6) is -1.74. The molecule has 7 heteroatoms. The Labute approximate surface area is 94.0 Å². The first-order chi connectivity index (χ1) is 7.77. The molecule has 0 aliphatic heterocycles. The van der Waals surface area contributed by atoms with Crippen molar-refractivity contribution in [3.63, 3.8) is 0 Å². The monoisotopic (exact) mass is 247 g/mol. The molecular formula is C10H8F3NO3. The maximum absolute atomic E-state index is 12.4. The fourth-order valence-electron chi connectivity index (χ4n) is 1.27. The summed E-state index contributed by atoms with van der Waals surface area (Å²) in [6.45, 7) is 1.03. The van der Waals surface area contributed by atoms with Gasteiger partial charge in [0.2, 0.25) is 0 Å². The second kappa shape index (κ2) is 4.54. The molecule has 1 aromatic rings. The highest BCUT2D eigenvalue weighted by molar-refractivity contribution is 6.07. The minimum Gasteiger partial charge on any atom is -0.294 e. The van der Waals surface area contributed by atoms with Crippen molar-refractivity contribution >= 4 is 11.7 Å². The van der Waals surface area contributed by atoms with Gasteiger partial charge >= 0.3 is 6.18 Å². The predicted octanol–water partition coefficient (Wildman–Crippen LogP) is 2.03. The minimum absolute atomic E-state index is 0.312. The van der Waals surface area contributed by atoms with Crippen molar-refractivity contribution < 1.29 is 28.0 Å². The van der Waals surface area contributed by atoms with Crippen LogP contribution in [0.2, 0.25) is 0 Å². The highest BCUT2D eigenvalue weighted by atomic mass is 19.4. The number of hydrogen-bond acceptors (Lipinski definition) is 3. The van der Waals surface area contributed by atoms with Gasteiger partial charge in [-0.25, -0.2) is 5.48 Å². The molecule has 0 heterocycles. The zero-order valence-corrected chi connectivity index (χ0v) is 8.63. The maximum Gasteiger partial charge on any atom is 0.416 e. The van der Waals surface area contributed by atoms with E-state index in [1.54, 1.807) is 0 Å². The average Bonchev–Trinajstić information content (AvgIpc) is 2.25. The topological polar surface area (TPSA) is 66.4 Å². The van der Waals surface area contributed by atoms with Crippen LogP contribution in [0.5, 0.6) is 0 Å². The van der Waals surface area contributed by atoms with Crippen LogP contribution >= 0.6 is 0 Å². The van der Waals surface area contributed by atoms with Gasteiger partial charge < -0.3 is 0 Å². The fourth-order valence-corrected chi connectivity index (χ4v) is 1.27. The number of nitrogens with one attached hydrogen (secondary N) is 1. The van der Waals surface area contributed by atoms with Crippen molar-refractivity contribution in [3.05, 3.63) is 34.9 Å². The van der Waals surface area contributed by atoms with Gasteiger partial charge in [0, 0.05) is 5.56 Å². The van der Waals surface area contributed by atoms with Gasteiger partial charge in [-0.15, -0.1) is 0 Å². The van der Waals surface area contributed by atoms with Gasteiger partial charge in [0.1, 0.15) is 0 Å². The lowest BCUT2D eigenvalue weighted by Crippen LogP contribution is -2.22. The van der Waals surface area contributed by atoms with Gasteiger partial charge in [-0.2, -0.15) is 13.2 Å². The summed E-state index contributed by atoms with van der Waals surface area (Å²) in [5.41, 5.74) is -0.477. The molecule has 0 atom stereocenters. The molecule has 0 radical (unpaired) electrons. The third-order valence-electron chi connectivity index (χ3n) is 2.07. The molecule has 0 aromatic heterocycles. The largest absolute Gasteiger partial charge is 0.416 e. The van der Waals surface area contributed by atoms with Crippen LogP contribution in [0.15, 0.2) is 18.2 Å². The number of alkyl halides is 3. The molecule has 0 saturated heterocycles. The Morgan fingerprint density at radius 3 is 2.24 bits per heavy atom. The van der Waals surface area contributed by atoms with Crippen LogP contribution in [0.3, 0.4) is 0 Å². The first-order valence-electron chi connectivity index (χ1n) is 4.44. The molecule has 0 spiro atoms. The van der Waals surface area contributed by atoms with Crippen LogP contribution in [0, 0.1) is 0 Å². The van der Waals surface area contributed by atoms with Gasteiger partial charge in [0.25, 0.3) is 5.91 Å². The first kappa shape index (κ1) is 13.2.